The van der Waals surface area contributed by atoms with Gasteiger partial charge in [0.15, 0.2) is 10.8 Å². The molecular weight excluding hydrogens is 348 g/mol. The second-order valence-corrected chi connectivity index (χ2v) is 6.70. The van der Waals surface area contributed by atoms with Gasteiger partial charge in [-0.15, -0.1) is 11.3 Å². The number of nitrogens with one attached hydrogen (secondary N) is 1. The number of ether oxygens (including phenoxy) is 1. The summed E-state index contributed by atoms with van der Waals surface area (Å²) in [4.78, 5) is 16.8. The molecule has 0 saturated carbocycles. The number of rotatable bonds is 5. The van der Waals surface area contributed by atoms with Crippen LogP contribution >= 0.6 is 11.3 Å². The van der Waals surface area contributed by atoms with E-state index in [1.165, 1.54) is 0 Å². The Morgan fingerprint density at radius 2 is 2.04 bits per heavy atom. The molecule has 6 heteroatoms. The molecule has 0 atom stereocenters. The van der Waals surface area contributed by atoms with E-state index in [-0.39, 0.29) is 5.91 Å². The number of hydrogen-bond donors (Lipinski definition) is 1. The molecule has 0 fully saturated rings. The second-order valence-electron chi connectivity index (χ2n) is 5.67. The molecule has 1 N–H and O–H groups in total. The summed E-state index contributed by atoms with van der Waals surface area (Å²) >= 11 is 1.58. The first-order valence-electron chi connectivity index (χ1n) is 8.10. The number of fused-ring (bicyclic) bond motifs is 1. The van der Waals surface area contributed by atoms with Crippen molar-refractivity contribution in [1.82, 2.24) is 10.3 Å². The van der Waals surface area contributed by atoms with Crippen LogP contribution in [0.15, 0.2) is 65.1 Å². The number of aromatic nitrogens is 1. The quantitative estimate of drug-likeness (QED) is 0.566. The fourth-order valence-corrected chi connectivity index (χ4v) is 3.53. The average molecular weight is 364 g/mol. The van der Waals surface area contributed by atoms with Gasteiger partial charge in [0, 0.05) is 5.56 Å². The lowest BCUT2D eigenvalue weighted by molar-refractivity contribution is 0.0948. The molecule has 0 radical (unpaired) electrons. The predicted octanol–water partition coefficient (Wildman–Crippen LogP) is 4.49. The van der Waals surface area contributed by atoms with E-state index in [2.05, 4.69) is 10.3 Å². The van der Waals surface area contributed by atoms with E-state index in [9.17, 15) is 4.79 Å². The van der Waals surface area contributed by atoms with E-state index >= 15 is 0 Å². The monoisotopic (exact) mass is 364 g/mol. The molecule has 2 aromatic heterocycles. The Balaban J connectivity index is 1.45. The molecule has 0 aliphatic heterocycles. The Morgan fingerprint density at radius 1 is 1.15 bits per heavy atom. The van der Waals surface area contributed by atoms with Crippen LogP contribution < -0.4 is 10.1 Å². The van der Waals surface area contributed by atoms with E-state index < -0.39 is 0 Å². The summed E-state index contributed by atoms with van der Waals surface area (Å²) in [6.07, 6.45) is 0. The van der Waals surface area contributed by atoms with Crippen molar-refractivity contribution in [2.75, 3.05) is 7.11 Å². The molecule has 0 spiro atoms. The van der Waals surface area contributed by atoms with Crippen LogP contribution in [0.1, 0.15) is 16.1 Å². The number of hydrogen-bond acceptors (Lipinski definition) is 5. The van der Waals surface area contributed by atoms with Crippen LogP contribution in [0.5, 0.6) is 5.75 Å². The van der Waals surface area contributed by atoms with Gasteiger partial charge >= 0.3 is 0 Å². The third-order valence-corrected chi connectivity index (χ3v) is 4.97. The van der Waals surface area contributed by atoms with Crippen molar-refractivity contribution >= 4 is 27.5 Å². The first-order chi connectivity index (χ1) is 12.7. The van der Waals surface area contributed by atoms with Crippen molar-refractivity contribution in [3.8, 4) is 16.5 Å². The van der Waals surface area contributed by atoms with Gasteiger partial charge in [0.1, 0.15) is 11.5 Å². The Labute approximate surface area is 154 Å². The number of carbonyl (C=O) groups is 1. The van der Waals surface area contributed by atoms with Gasteiger partial charge in [-0.3, -0.25) is 4.79 Å². The molecule has 0 aliphatic rings. The van der Waals surface area contributed by atoms with Gasteiger partial charge in [-0.05, 0) is 42.5 Å². The maximum Gasteiger partial charge on any atom is 0.251 e. The lowest BCUT2D eigenvalue weighted by Gasteiger charge is -2.05. The minimum Gasteiger partial charge on any atom is -0.497 e. The summed E-state index contributed by atoms with van der Waals surface area (Å²) in [6.45, 7) is 0.306. The van der Waals surface area contributed by atoms with Crippen LogP contribution in [-0.2, 0) is 6.54 Å². The minimum absolute atomic E-state index is 0.179. The second kappa shape index (κ2) is 7.01. The van der Waals surface area contributed by atoms with Crippen molar-refractivity contribution in [2.24, 2.45) is 0 Å². The highest BCUT2D eigenvalue weighted by atomic mass is 32.1. The van der Waals surface area contributed by atoms with Gasteiger partial charge in [0.25, 0.3) is 5.91 Å². The largest absolute Gasteiger partial charge is 0.497 e. The molecule has 4 aromatic rings. The van der Waals surface area contributed by atoms with Crippen LogP contribution in [0.2, 0.25) is 0 Å². The van der Waals surface area contributed by atoms with Crippen LogP contribution in [0.25, 0.3) is 21.0 Å². The SMILES string of the molecule is COc1cccc(C(=O)NCc2ccc(-c3nc4ccccc4s3)o2)c1. The standard InChI is InChI=1S/C20H16N2O3S/c1-24-14-6-4-5-13(11-14)19(23)21-12-15-9-10-17(25-15)20-22-16-7-2-3-8-18(16)26-20/h2-11H,12H2,1H3,(H,21,23). The summed E-state index contributed by atoms with van der Waals surface area (Å²) in [7, 11) is 1.57. The number of amides is 1. The molecule has 0 unspecified atom stereocenters. The van der Waals surface area contributed by atoms with Crippen molar-refractivity contribution < 1.29 is 13.9 Å². The molecule has 26 heavy (non-hydrogen) atoms. The third-order valence-electron chi connectivity index (χ3n) is 3.92. The number of furan rings is 1. The fraction of sp³-hybridized carbons (Fsp3) is 0.100. The van der Waals surface area contributed by atoms with Gasteiger partial charge in [0.05, 0.1) is 23.9 Å². The first-order valence-corrected chi connectivity index (χ1v) is 8.91. The van der Waals surface area contributed by atoms with Crippen LogP contribution in [-0.4, -0.2) is 18.0 Å². The van der Waals surface area contributed by atoms with Crippen molar-refractivity contribution in [3.05, 3.63) is 72.0 Å². The molecule has 5 nitrogen and oxygen atoms in total. The Bertz CT molecular complexity index is 1030. The smallest absolute Gasteiger partial charge is 0.251 e. The third kappa shape index (κ3) is 3.32. The molecular formula is C20H16N2O3S. The molecule has 130 valence electrons. The number of methoxy groups -OCH3 is 1. The van der Waals surface area contributed by atoms with E-state index in [1.54, 1.807) is 42.7 Å². The highest BCUT2D eigenvalue weighted by Gasteiger charge is 2.12. The lowest BCUT2D eigenvalue weighted by atomic mass is 10.2. The van der Waals surface area contributed by atoms with Crippen LogP contribution in [0.4, 0.5) is 0 Å². The summed E-state index contributed by atoms with van der Waals surface area (Å²) in [5.41, 5.74) is 1.50. The van der Waals surface area contributed by atoms with Gasteiger partial charge in [0.2, 0.25) is 0 Å². The zero-order chi connectivity index (χ0) is 17.9. The van der Waals surface area contributed by atoms with Gasteiger partial charge < -0.3 is 14.5 Å². The molecule has 2 aromatic carbocycles. The van der Waals surface area contributed by atoms with Crippen LogP contribution in [0, 0.1) is 0 Å². The molecule has 0 aliphatic carbocycles. The van der Waals surface area contributed by atoms with E-state index in [1.807, 2.05) is 36.4 Å². The van der Waals surface area contributed by atoms with E-state index in [0.717, 1.165) is 15.2 Å². The normalized spacial score (nSPS) is 10.8. The molecule has 2 heterocycles. The predicted molar refractivity (Wildman–Crippen MR) is 101 cm³/mol. The van der Waals surface area contributed by atoms with Crippen molar-refractivity contribution in [1.29, 1.82) is 0 Å². The summed E-state index contributed by atoms with van der Waals surface area (Å²) in [5, 5.41) is 3.68. The highest BCUT2D eigenvalue weighted by molar-refractivity contribution is 7.21. The number of nitrogens with zero attached hydrogens (tertiary/aromatic N) is 1. The average Bonchev–Trinajstić information content (AvgIpc) is 3.32. The number of para-hydroxylation sites is 1. The number of carbonyl (C=O) groups excluding carboxylic acids is 1. The molecule has 1 amide bonds. The number of benzene rings is 2. The Kier molecular flexibility index (Phi) is 4.41. The Morgan fingerprint density at radius 3 is 2.88 bits per heavy atom. The summed E-state index contributed by atoms with van der Waals surface area (Å²) in [6, 6.07) is 18.7. The van der Waals surface area contributed by atoms with Gasteiger partial charge in [-0.1, -0.05) is 18.2 Å². The van der Waals surface area contributed by atoms with Crippen LogP contribution in [0.3, 0.4) is 0 Å². The van der Waals surface area contributed by atoms with Crippen molar-refractivity contribution in [3.63, 3.8) is 0 Å². The number of thiazole rings is 1. The van der Waals surface area contributed by atoms with E-state index in [4.69, 9.17) is 9.15 Å². The fourth-order valence-electron chi connectivity index (χ4n) is 2.60. The maximum atomic E-state index is 12.3. The Hall–Kier alpha value is -3.12. The lowest BCUT2D eigenvalue weighted by Crippen LogP contribution is -2.22. The van der Waals surface area contributed by atoms with E-state index in [0.29, 0.717) is 29.4 Å². The minimum atomic E-state index is -0.179. The summed E-state index contributed by atoms with van der Waals surface area (Å²) < 4.78 is 12.1. The van der Waals surface area contributed by atoms with Gasteiger partial charge in [-0.2, -0.15) is 0 Å². The highest BCUT2D eigenvalue weighted by Crippen LogP contribution is 2.31. The first kappa shape index (κ1) is 16.4. The topological polar surface area (TPSA) is 64.4 Å². The molecule has 0 saturated heterocycles. The summed E-state index contributed by atoms with van der Waals surface area (Å²) in [5.74, 6) is 1.85. The maximum absolute atomic E-state index is 12.3. The zero-order valence-corrected chi connectivity index (χ0v) is 14.9. The molecule has 4 rings (SSSR count). The molecule has 0 bridgehead atoms. The van der Waals surface area contributed by atoms with Crippen molar-refractivity contribution in [2.45, 2.75) is 6.54 Å². The zero-order valence-electron chi connectivity index (χ0n) is 14.1. The van der Waals surface area contributed by atoms with Gasteiger partial charge in [-0.25, -0.2) is 4.98 Å².